The zero-order valence-electron chi connectivity index (χ0n) is 10.0. The highest BCUT2D eigenvalue weighted by Crippen LogP contribution is 2.15. The minimum atomic E-state index is -0.518. The average molecular weight is 232 g/mol. The summed E-state index contributed by atoms with van der Waals surface area (Å²) in [5.74, 6) is 0. The molecule has 0 aromatic heterocycles. The molecule has 3 N–H and O–H groups in total. The predicted molar refractivity (Wildman–Crippen MR) is 72.6 cm³/mol. The maximum absolute atomic E-state index is 10.1. The van der Waals surface area contributed by atoms with Crippen LogP contribution < -0.4 is 5.73 Å². The Labute approximate surface area is 103 Å². The van der Waals surface area contributed by atoms with Crippen molar-refractivity contribution in [2.24, 2.45) is 0 Å². The quantitative estimate of drug-likeness (QED) is 0.558. The Hall–Kier alpha value is -1.58. The van der Waals surface area contributed by atoms with Crippen molar-refractivity contribution >= 4 is 5.69 Å². The van der Waals surface area contributed by atoms with Gasteiger partial charge in [0.15, 0.2) is 0 Å². The van der Waals surface area contributed by atoms with Gasteiger partial charge in [0.25, 0.3) is 0 Å². The molecule has 0 aliphatic heterocycles. The summed E-state index contributed by atoms with van der Waals surface area (Å²) in [5, 5.41) is 10.1. The van der Waals surface area contributed by atoms with E-state index in [2.05, 4.69) is 18.1 Å². The van der Waals surface area contributed by atoms with Gasteiger partial charge in [-0.2, -0.15) is 0 Å². The molecule has 17 heavy (non-hydrogen) atoms. The number of benzene rings is 1. The molecule has 0 radical (unpaired) electrons. The van der Waals surface area contributed by atoms with Crippen LogP contribution in [0.15, 0.2) is 49.6 Å². The molecule has 1 aromatic carbocycles. The van der Waals surface area contributed by atoms with Crippen molar-refractivity contribution in [1.29, 1.82) is 0 Å². The van der Waals surface area contributed by atoms with Gasteiger partial charge in [0.05, 0.1) is 6.10 Å². The normalized spacial score (nSPS) is 12.4. The van der Waals surface area contributed by atoms with Gasteiger partial charge in [0.2, 0.25) is 0 Å². The fourth-order valence-corrected chi connectivity index (χ4v) is 1.66. The number of rotatable bonds is 7. The van der Waals surface area contributed by atoms with E-state index in [1.165, 1.54) is 0 Å². The number of nitrogen functional groups attached to an aromatic ring is 1. The second-order valence-electron chi connectivity index (χ2n) is 3.98. The highest BCUT2D eigenvalue weighted by molar-refractivity contribution is 5.39. The molecule has 0 amide bonds. The molecule has 0 aliphatic rings. The molecule has 1 aromatic rings. The number of anilines is 1. The lowest BCUT2D eigenvalue weighted by molar-refractivity contribution is 0.125. The van der Waals surface area contributed by atoms with Crippen molar-refractivity contribution in [1.82, 2.24) is 4.90 Å². The predicted octanol–water partition coefficient (Wildman–Crippen LogP) is 1.98. The number of nitrogens with zero attached hydrogens (tertiary/aromatic N) is 1. The Balaban J connectivity index is 2.62. The van der Waals surface area contributed by atoms with Gasteiger partial charge in [0, 0.05) is 25.3 Å². The molecule has 0 saturated heterocycles. The maximum Gasteiger partial charge on any atom is 0.0917 e. The summed E-state index contributed by atoms with van der Waals surface area (Å²) < 4.78 is 0. The molecular formula is C14H20N2O. The van der Waals surface area contributed by atoms with Gasteiger partial charge in [-0.15, -0.1) is 13.2 Å². The van der Waals surface area contributed by atoms with Crippen LogP contribution >= 0.6 is 0 Å². The van der Waals surface area contributed by atoms with Gasteiger partial charge in [-0.1, -0.05) is 24.3 Å². The third kappa shape index (κ3) is 4.43. The van der Waals surface area contributed by atoms with E-state index in [0.717, 1.165) is 18.7 Å². The second-order valence-corrected chi connectivity index (χ2v) is 3.98. The first-order chi connectivity index (χ1) is 8.17. The SMILES string of the molecule is C=CCN(CC=C)CC(O)c1ccc(N)cc1. The Morgan fingerprint density at radius 3 is 2.18 bits per heavy atom. The Morgan fingerprint density at radius 2 is 1.71 bits per heavy atom. The molecule has 92 valence electrons. The van der Waals surface area contributed by atoms with E-state index in [9.17, 15) is 5.11 Å². The maximum atomic E-state index is 10.1. The molecule has 0 saturated carbocycles. The van der Waals surface area contributed by atoms with E-state index in [1.54, 1.807) is 12.1 Å². The smallest absolute Gasteiger partial charge is 0.0917 e. The van der Waals surface area contributed by atoms with Crippen LogP contribution in [0.1, 0.15) is 11.7 Å². The summed E-state index contributed by atoms with van der Waals surface area (Å²) in [6.07, 6.45) is 3.12. The topological polar surface area (TPSA) is 49.5 Å². The Kier molecular flexibility index (Phi) is 5.46. The number of hydrogen-bond acceptors (Lipinski definition) is 3. The standard InChI is InChI=1S/C14H20N2O/c1-3-9-16(10-4-2)11-14(17)12-5-7-13(15)8-6-12/h3-8,14,17H,1-2,9-11,15H2. The van der Waals surface area contributed by atoms with Crippen LogP contribution in [0.3, 0.4) is 0 Å². The number of aliphatic hydroxyl groups is 1. The average Bonchev–Trinajstić information content (AvgIpc) is 2.30. The van der Waals surface area contributed by atoms with Crippen LogP contribution in [-0.4, -0.2) is 29.6 Å². The van der Waals surface area contributed by atoms with Gasteiger partial charge in [-0.05, 0) is 17.7 Å². The number of nitrogens with two attached hydrogens (primary N) is 1. The van der Waals surface area contributed by atoms with Crippen LogP contribution in [0.25, 0.3) is 0 Å². The first kappa shape index (κ1) is 13.5. The van der Waals surface area contributed by atoms with Crippen molar-refractivity contribution in [3.63, 3.8) is 0 Å². The van der Waals surface area contributed by atoms with Gasteiger partial charge < -0.3 is 10.8 Å². The fourth-order valence-electron chi connectivity index (χ4n) is 1.66. The molecule has 0 fully saturated rings. The summed E-state index contributed by atoms with van der Waals surface area (Å²) in [5.41, 5.74) is 7.18. The summed E-state index contributed by atoms with van der Waals surface area (Å²) in [7, 11) is 0. The minimum absolute atomic E-state index is 0.518. The van der Waals surface area contributed by atoms with Gasteiger partial charge in [-0.25, -0.2) is 0 Å². The molecular weight excluding hydrogens is 212 g/mol. The highest BCUT2D eigenvalue weighted by Gasteiger charge is 2.11. The van der Waals surface area contributed by atoms with E-state index in [0.29, 0.717) is 12.2 Å². The van der Waals surface area contributed by atoms with Crippen LogP contribution in [-0.2, 0) is 0 Å². The summed E-state index contributed by atoms with van der Waals surface area (Å²) in [6, 6.07) is 7.29. The Bertz CT molecular complexity index is 349. The van der Waals surface area contributed by atoms with E-state index in [1.807, 2.05) is 24.3 Å². The molecule has 3 nitrogen and oxygen atoms in total. The van der Waals surface area contributed by atoms with Crippen LogP contribution in [0.2, 0.25) is 0 Å². The summed E-state index contributed by atoms with van der Waals surface area (Å²) in [6.45, 7) is 9.43. The van der Waals surface area contributed by atoms with Gasteiger partial charge in [-0.3, -0.25) is 4.90 Å². The van der Waals surface area contributed by atoms with Gasteiger partial charge >= 0.3 is 0 Å². The second kappa shape index (κ2) is 6.89. The molecule has 1 atom stereocenters. The summed E-state index contributed by atoms with van der Waals surface area (Å²) >= 11 is 0. The molecule has 0 bridgehead atoms. The van der Waals surface area contributed by atoms with Gasteiger partial charge in [0.1, 0.15) is 0 Å². The summed E-state index contributed by atoms with van der Waals surface area (Å²) in [4.78, 5) is 2.07. The van der Waals surface area contributed by atoms with Crippen LogP contribution in [0.4, 0.5) is 5.69 Å². The highest BCUT2D eigenvalue weighted by atomic mass is 16.3. The first-order valence-corrected chi connectivity index (χ1v) is 5.65. The van der Waals surface area contributed by atoms with Crippen molar-refractivity contribution in [2.75, 3.05) is 25.4 Å². The van der Waals surface area contributed by atoms with E-state index in [-0.39, 0.29) is 0 Å². The Morgan fingerprint density at radius 1 is 1.18 bits per heavy atom. The molecule has 1 rings (SSSR count). The first-order valence-electron chi connectivity index (χ1n) is 5.65. The number of hydrogen-bond donors (Lipinski definition) is 2. The molecule has 0 aliphatic carbocycles. The fraction of sp³-hybridized carbons (Fsp3) is 0.286. The van der Waals surface area contributed by atoms with E-state index < -0.39 is 6.10 Å². The van der Waals surface area contributed by atoms with Crippen LogP contribution in [0, 0.1) is 0 Å². The lowest BCUT2D eigenvalue weighted by Crippen LogP contribution is -2.29. The number of aliphatic hydroxyl groups excluding tert-OH is 1. The molecule has 0 spiro atoms. The van der Waals surface area contributed by atoms with Crippen molar-refractivity contribution in [3.8, 4) is 0 Å². The van der Waals surface area contributed by atoms with E-state index >= 15 is 0 Å². The molecule has 0 heterocycles. The largest absolute Gasteiger partial charge is 0.399 e. The van der Waals surface area contributed by atoms with E-state index in [4.69, 9.17) is 5.73 Å². The monoisotopic (exact) mass is 232 g/mol. The zero-order chi connectivity index (χ0) is 12.7. The van der Waals surface area contributed by atoms with Crippen molar-refractivity contribution < 1.29 is 5.11 Å². The molecule has 3 heteroatoms. The third-order valence-electron chi connectivity index (χ3n) is 2.53. The lowest BCUT2D eigenvalue weighted by Gasteiger charge is -2.22. The zero-order valence-corrected chi connectivity index (χ0v) is 10.0. The lowest BCUT2D eigenvalue weighted by atomic mass is 10.1. The van der Waals surface area contributed by atoms with Crippen molar-refractivity contribution in [3.05, 3.63) is 55.1 Å². The third-order valence-corrected chi connectivity index (χ3v) is 2.53. The minimum Gasteiger partial charge on any atom is -0.399 e. The molecule has 1 unspecified atom stereocenters. The van der Waals surface area contributed by atoms with Crippen molar-refractivity contribution in [2.45, 2.75) is 6.10 Å². The van der Waals surface area contributed by atoms with Crippen LogP contribution in [0.5, 0.6) is 0 Å².